The lowest BCUT2D eigenvalue weighted by Crippen LogP contribution is -2.33. The Balaban J connectivity index is 3.83. The smallest absolute Gasteiger partial charge is 0.313 e. The first-order valence-electron chi connectivity index (χ1n) is 8.48. The fourth-order valence-electron chi connectivity index (χ4n) is 2.22. The number of esters is 1. The van der Waals surface area contributed by atoms with Crippen LogP contribution < -0.4 is 0 Å². The van der Waals surface area contributed by atoms with E-state index in [4.69, 9.17) is 4.74 Å². The van der Waals surface area contributed by atoms with Crippen molar-refractivity contribution in [3.05, 3.63) is 0 Å². The molecule has 0 amide bonds. The Hall–Kier alpha value is -0.610. The van der Waals surface area contributed by atoms with Crippen molar-refractivity contribution in [1.82, 2.24) is 0 Å². The number of ether oxygens (including phenoxy) is 1. The molecule has 0 fully saturated rings. The van der Waals surface area contributed by atoms with Crippen LogP contribution >= 0.6 is 0 Å². The Morgan fingerprint density at radius 2 is 1.62 bits per heavy atom. The second kappa shape index (κ2) is 13.1. The van der Waals surface area contributed by atoms with Crippen molar-refractivity contribution < 1.29 is 19.7 Å². The molecule has 0 spiro atoms. The number of aliphatic hydroxyl groups is 2. The Kier molecular flexibility index (Phi) is 12.7. The van der Waals surface area contributed by atoms with Crippen LogP contribution in [0.4, 0.5) is 0 Å². The summed E-state index contributed by atoms with van der Waals surface area (Å²) in [6.07, 6.45) is 7.94. The number of carbonyl (C=O) groups excluding carboxylic acids is 1. The van der Waals surface area contributed by atoms with Gasteiger partial charge in [0.05, 0.1) is 19.3 Å². The van der Waals surface area contributed by atoms with Crippen molar-refractivity contribution in [3.8, 4) is 0 Å². The maximum Gasteiger partial charge on any atom is 0.313 e. The van der Waals surface area contributed by atoms with Gasteiger partial charge in [0, 0.05) is 0 Å². The summed E-state index contributed by atoms with van der Waals surface area (Å²) in [5.41, 5.74) is 0. The highest BCUT2D eigenvalue weighted by Gasteiger charge is 2.27. The maximum atomic E-state index is 11.8. The van der Waals surface area contributed by atoms with Crippen molar-refractivity contribution in [3.63, 3.8) is 0 Å². The maximum absolute atomic E-state index is 11.8. The third-order valence-electron chi connectivity index (χ3n) is 3.63. The zero-order chi connectivity index (χ0) is 16.1. The molecule has 0 aromatic carbocycles. The van der Waals surface area contributed by atoms with Gasteiger partial charge < -0.3 is 14.9 Å². The normalized spacial score (nSPS) is 14.2. The van der Waals surface area contributed by atoms with E-state index in [1.54, 1.807) is 0 Å². The molecular weight excluding hydrogens is 268 g/mol. The van der Waals surface area contributed by atoms with Crippen molar-refractivity contribution in [1.29, 1.82) is 0 Å². The average Bonchev–Trinajstić information content (AvgIpc) is 2.45. The monoisotopic (exact) mass is 302 g/mol. The number of unbranched alkanes of at least 4 members (excludes halogenated alkanes) is 6. The highest BCUT2D eigenvalue weighted by molar-refractivity contribution is 5.73. The molecule has 0 aromatic rings. The van der Waals surface area contributed by atoms with Gasteiger partial charge in [0.1, 0.15) is 5.92 Å². The van der Waals surface area contributed by atoms with Crippen LogP contribution in [-0.2, 0) is 9.53 Å². The van der Waals surface area contributed by atoms with Crippen LogP contribution in [0.2, 0.25) is 0 Å². The molecule has 0 aliphatic rings. The minimum atomic E-state index is -0.802. The molecule has 2 unspecified atom stereocenters. The minimum absolute atomic E-state index is 0.258. The Morgan fingerprint density at radius 3 is 2.14 bits per heavy atom. The van der Waals surface area contributed by atoms with Crippen LogP contribution in [-0.4, -0.2) is 35.5 Å². The summed E-state index contributed by atoms with van der Waals surface area (Å²) in [6.45, 7) is 6.09. The Labute approximate surface area is 129 Å². The van der Waals surface area contributed by atoms with Gasteiger partial charge in [0.25, 0.3) is 0 Å². The number of hydrogen-bond donors (Lipinski definition) is 2. The summed E-state index contributed by atoms with van der Waals surface area (Å²) < 4.78 is 5.09. The minimum Gasteiger partial charge on any atom is -0.465 e. The van der Waals surface area contributed by atoms with E-state index in [-0.39, 0.29) is 12.5 Å². The number of aliphatic hydroxyl groups excluding tert-OH is 2. The van der Waals surface area contributed by atoms with Gasteiger partial charge >= 0.3 is 5.97 Å². The molecule has 0 heterocycles. The van der Waals surface area contributed by atoms with Crippen LogP contribution in [0, 0.1) is 11.8 Å². The van der Waals surface area contributed by atoms with E-state index in [0.717, 1.165) is 12.8 Å². The molecule has 0 aliphatic heterocycles. The van der Waals surface area contributed by atoms with Gasteiger partial charge in [-0.3, -0.25) is 4.79 Å². The van der Waals surface area contributed by atoms with Crippen LogP contribution in [0.1, 0.15) is 72.1 Å². The molecule has 2 atom stereocenters. The van der Waals surface area contributed by atoms with Crippen molar-refractivity contribution >= 4 is 5.97 Å². The van der Waals surface area contributed by atoms with Crippen LogP contribution in [0.5, 0.6) is 0 Å². The van der Waals surface area contributed by atoms with Crippen molar-refractivity contribution in [2.45, 2.75) is 78.2 Å². The summed E-state index contributed by atoms with van der Waals surface area (Å²) in [5.74, 6) is -1.03. The summed E-state index contributed by atoms with van der Waals surface area (Å²) >= 11 is 0. The molecular formula is C17H34O4. The second-order valence-corrected chi connectivity index (χ2v) is 6.29. The Morgan fingerprint density at radius 1 is 1.05 bits per heavy atom. The molecule has 21 heavy (non-hydrogen) atoms. The SMILES string of the molecule is CCCCCCCCCC(O)C(CO)C(=O)OCC(C)C. The van der Waals surface area contributed by atoms with E-state index >= 15 is 0 Å². The Bertz CT molecular complexity index is 253. The molecule has 0 bridgehead atoms. The predicted molar refractivity (Wildman–Crippen MR) is 85.0 cm³/mol. The van der Waals surface area contributed by atoms with E-state index < -0.39 is 18.0 Å². The number of rotatable bonds is 13. The molecule has 0 aromatic heterocycles. The number of hydrogen-bond acceptors (Lipinski definition) is 4. The summed E-state index contributed by atoms with van der Waals surface area (Å²) in [7, 11) is 0. The quantitative estimate of drug-likeness (QED) is 0.405. The number of carbonyl (C=O) groups is 1. The van der Waals surface area contributed by atoms with Crippen molar-refractivity contribution in [2.75, 3.05) is 13.2 Å². The fourth-order valence-corrected chi connectivity index (χ4v) is 2.22. The highest BCUT2D eigenvalue weighted by atomic mass is 16.5. The first-order chi connectivity index (χ1) is 10.0. The third kappa shape index (κ3) is 10.7. The molecule has 0 saturated carbocycles. The van der Waals surface area contributed by atoms with Crippen LogP contribution in [0.25, 0.3) is 0 Å². The van der Waals surface area contributed by atoms with Crippen LogP contribution in [0.3, 0.4) is 0 Å². The van der Waals surface area contributed by atoms with E-state index in [2.05, 4.69) is 6.92 Å². The summed E-state index contributed by atoms with van der Waals surface area (Å²) in [4.78, 5) is 11.8. The molecule has 0 radical (unpaired) electrons. The zero-order valence-electron chi connectivity index (χ0n) is 14.0. The lowest BCUT2D eigenvalue weighted by molar-refractivity contribution is -0.155. The fraction of sp³-hybridized carbons (Fsp3) is 0.941. The lowest BCUT2D eigenvalue weighted by Gasteiger charge is -2.20. The molecule has 126 valence electrons. The van der Waals surface area contributed by atoms with Crippen molar-refractivity contribution in [2.24, 2.45) is 11.8 Å². The van der Waals surface area contributed by atoms with E-state index in [0.29, 0.717) is 13.0 Å². The molecule has 0 rings (SSSR count). The van der Waals surface area contributed by atoms with E-state index in [9.17, 15) is 15.0 Å². The summed E-state index contributed by atoms with van der Waals surface area (Å²) in [5, 5.41) is 19.3. The summed E-state index contributed by atoms with van der Waals surface area (Å²) in [6, 6.07) is 0. The van der Waals surface area contributed by atoms with Gasteiger partial charge in [-0.15, -0.1) is 0 Å². The van der Waals surface area contributed by atoms with E-state index in [1.165, 1.54) is 32.1 Å². The van der Waals surface area contributed by atoms with Gasteiger partial charge in [-0.1, -0.05) is 65.7 Å². The first-order valence-corrected chi connectivity index (χ1v) is 8.48. The van der Waals surface area contributed by atoms with Gasteiger partial charge in [-0.2, -0.15) is 0 Å². The largest absolute Gasteiger partial charge is 0.465 e. The average molecular weight is 302 g/mol. The van der Waals surface area contributed by atoms with Crippen LogP contribution in [0.15, 0.2) is 0 Å². The highest BCUT2D eigenvalue weighted by Crippen LogP contribution is 2.15. The first kappa shape index (κ1) is 20.4. The lowest BCUT2D eigenvalue weighted by atomic mass is 9.97. The third-order valence-corrected chi connectivity index (χ3v) is 3.63. The molecule has 4 nitrogen and oxygen atoms in total. The van der Waals surface area contributed by atoms with E-state index in [1.807, 2.05) is 13.8 Å². The molecule has 0 saturated heterocycles. The second-order valence-electron chi connectivity index (χ2n) is 6.29. The molecule has 0 aliphatic carbocycles. The topological polar surface area (TPSA) is 66.8 Å². The van der Waals surface area contributed by atoms with Gasteiger partial charge in [0.2, 0.25) is 0 Å². The van der Waals surface area contributed by atoms with Gasteiger partial charge in [-0.05, 0) is 12.3 Å². The van der Waals surface area contributed by atoms with Gasteiger partial charge in [-0.25, -0.2) is 0 Å². The molecule has 4 heteroatoms. The molecule has 2 N–H and O–H groups in total. The van der Waals surface area contributed by atoms with Gasteiger partial charge in [0.15, 0.2) is 0 Å². The standard InChI is InChI=1S/C17H34O4/c1-4-5-6-7-8-9-10-11-16(19)15(12-18)17(20)21-13-14(2)3/h14-16,18-19H,4-13H2,1-3H3. The predicted octanol–water partition coefficient (Wildman–Crippen LogP) is 3.30. The zero-order valence-corrected chi connectivity index (χ0v) is 14.0.